The third-order valence-electron chi connectivity index (χ3n) is 2.47. The van der Waals surface area contributed by atoms with E-state index in [1.807, 2.05) is 36.4 Å². The first-order valence-electron chi connectivity index (χ1n) is 5.49. The molecule has 0 radical (unpaired) electrons. The number of benzene rings is 1. The Labute approximate surface area is 97.7 Å². The second kappa shape index (κ2) is 6.11. The van der Waals surface area contributed by atoms with Gasteiger partial charge in [-0.15, -0.1) is 0 Å². The van der Waals surface area contributed by atoms with Crippen LogP contribution in [0.2, 0.25) is 0 Å². The van der Waals surface area contributed by atoms with Gasteiger partial charge in [0.25, 0.3) is 0 Å². The predicted octanol–water partition coefficient (Wildman–Crippen LogP) is 3.97. The van der Waals surface area contributed by atoms with Gasteiger partial charge in [-0.1, -0.05) is 37.6 Å². The van der Waals surface area contributed by atoms with Crippen LogP contribution in [0.1, 0.15) is 20.8 Å². The quantitative estimate of drug-likeness (QED) is 0.554. The number of para-hydroxylation sites is 1. The lowest BCUT2D eigenvalue weighted by molar-refractivity contribution is 0.406. The monoisotopic (exact) mass is 217 g/mol. The lowest BCUT2D eigenvalue weighted by atomic mass is 10.1. The molecule has 0 aliphatic heterocycles. The van der Waals surface area contributed by atoms with Gasteiger partial charge in [0.2, 0.25) is 5.90 Å². The summed E-state index contributed by atoms with van der Waals surface area (Å²) in [6, 6.07) is 9.81. The molecule has 0 saturated heterocycles. The van der Waals surface area contributed by atoms with Gasteiger partial charge >= 0.3 is 0 Å². The fourth-order valence-corrected chi connectivity index (χ4v) is 1.13. The van der Waals surface area contributed by atoms with Crippen LogP contribution in [0.5, 0.6) is 0 Å². The van der Waals surface area contributed by atoms with E-state index in [4.69, 9.17) is 4.74 Å². The molecule has 0 spiro atoms. The van der Waals surface area contributed by atoms with Gasteiger partial charge < -0.3 is 4.74 Å². The summed E-state index contributed by atoms with van der Waals surface area (Å²) in [5, 5.41) is 0. The number of aliphatic imine (C=N–C) groups is 1. The Balaban J connectivity index is 2.91. The summed E-state index contributed by atoms with van der Waals surface area (Å²) in [5.41, 5.74) is 2.17. The lowest BCUT2D eigenvalue weighted by Gasteiger charge is -2.06. The molecule has 0 atom stereocenters. The Kier molecular flexibility index (Phi) is 4.77. The first-order chi connectivity index (χ1) is 7.63. The number of hydrogen-bond donors (Lipinski definition) is 0. The molecular weight excluding hydrogens is 198 g/mol. The van der Waals surface area contributed by atoms with E-state index in [1.165, 1.54) is 5.57 Å². The second-order valence-corrected chi connectivity index (χ2v) is 4.03. The van der Waals surface area contributed by atoms with Crippen LogP contribution in [0.15, 0.2) is 47.0 Å². The molecule has 1 rings (SSSR count). The van der Waals surface area contributed by atoms with Gasteiger partial charge in [0, 0.05) is 0 Å². The van der Waals surface area contributed by atoms with E-state index in [0.717, 1.165) is 5.69 Å². The highest BCUT2D eigenvalue weighted by Crippen LogP contribution is 2.13. The first-order valence-corrected chi connectivity index (χ1v) is 5.49. The zero-order chi connectivity index (χ0) is 12.0. The standard InChI is InChI=1S/C14H19NO/c1-11(2)12(3)10-14(16-4)15-13-8-6-5-7-9-13/h5-11H,1-4H3/b12-10-,15-14?. The third-order valence-corrected chi connectivity index (χ3v) is 2.47. The highest BCUT2D eigenvalue weighted by atomic mass is 16.5. The van der Waals surface area contributed by atoms with Crippen LogP contribution < -0.4 is 0 Å². The summed E-state index contributed by atoms with van der Waals surface area (Å²) in [5.74, 6) is 1.16. The molecule has 1 aromatic rings. The largest absolute Gasteiger partial charge is 0.481 e. The molecule has 0 N–H and O–H groups in total. The minimum absolute atomic E-state index is 0.510. The molecule has 0 unspecified atom stereocenters. The maximum atomic E-state index is 5.25. The van der Waals surface area contributed by atoms with Gasteiger partial charge in [0.15, 0.2) is 0 Å². The second-order valence-electron chi connectivity index (χ2n) is 4.03. The smallest absolute Gasteiger partial charge is 0.213 e. The van der Waals surface area contributed by atoms with E-state index < -0.39 is 0 Å². The molecule has 1 aromatic carbocycles. The van der Waals surface area contributed by atoms with Crippen molar-refractivity contribution in [1.82, 2.24) is 0 Å². The van der Waals surface area contributed by atoms with E-state index in [-0.39, 0.29) is 0 Å². The summed E-state index contributed by atoms with van der Waals surface area (Å²) in [6.07, 6.45) is 1.98. The number of rotatable bonds is 3. The van der Waals surface area contributed by atoms with E-state index in [1.54, 1.807) is 7.11 Å². The van der Waals surface area contributed by atoms with Crippen molar-refractivity contribution in [3.05, 3.63) is 42.0 Å². The normalized spacial score (nSPS) is 13.1. The zero-order valence-corrected chi connectivity index (χ0v) is 10.4. The number of hydrogen-bond acceptors (Lipinski definition) is 2. The van der Waals surface area contributed by atoms with Crippen LogP contribution in [-0.4, -0.2) is 13.0 Å². The highest BCUT2D eigenvalue weighted by Gasteiger charge is 2.00. The number of allylic oxidation sites excluding steroid dienone is 1. The zero-order valence-electron chi connectivity index (χ0n) is 10.4. The van der Waals surface area contributed by atoms with Crippen molar-refractivity contribution in [3.8, 4) is 0 Å². The number of ether oxygens (including phenoxy) is 1. The van der Waals surface area contributed by atoms with Crippen LogP contribution in [0, 0.1) is 5.92 Å². The van der Waals surface area contributed by atoms with Crippen molar-refractivity contribution in [1.29, 1.82) is 0 Å². The van der Waals surface area contributed by atoms with Gasteiger partial charge in [-0.2, -0.15) is 0 Å². The topological polar surface area (TPSA) is 21.6 Å². The molecule has 0 bridgehead atoms. The number of methoxy groups -OCH3 is 1. The van der Waals surface area contributed by atoms with Gasteiger partial charge in [-0.25, -0.2) is 4.99 Å². The average Bonchev–Trinajstić information content (AvgIpc) is 2.29. The molecule has 0 saturated carbocycles. The lowest BCUT2D eigenvalue weighted by Crippen LogP contribution is -2.00. The maximum absolute atomic E-state index is 5.25. The Morgan fingerprint density at radius 1 is 1.25 bits per heavy atom. The molecule has 0 aliphatic rings. The molecule has 16 heavy (non-hydrogen) atoms. The molecule has 0 fully saturated rings. The summed E-state index contributed by atoms with van der Waals surface area (Å²) < 4.78 is 5.25. The van der Waals surface area contributed by atoms with Gasteiger partial charge in [0.05, 0.1) is 12.8 Å². The SMILES string of the molecule is COC(/C=C(/C)C(C)C)=Nc1ccccc1. The summed E-state index contributed by atoms with van der Waals surface area (Å²) >= 11 is 0. The first kappa shape index (κ1) is 12.5. The van der Waals surface area contributed by atoms with Crippen molar-refractivity contribution in [2.24, 2.45) is 10.9 Å². The Hall–Kier alpha value is -1.57. The van der Waals surface area contributed by atoms with E-state index in [2.05, 4.69) is 25.8 Å². The molecule has 0 heterocycles. The summed E-state index contributed by atoms with van der Waals surface area (Å²) in [6.45, 7) is 6.40. The maximum Gasteiger partial charge on any atom is 0.213 e. The van der Waals surface area contributed by atoms with Crippen LogP contribution >= 0.6 is 0 Å². The average molecular weight is 217 g/mol. The van der Waals surface area contributed by atoms with Crippen LogP contribution in [0.4, 0.5) is 5.69 Å². The van der Waals surface area contributed by atoms with E-state index in [9.17, 15) is 0 Å². The fourth-order valence-electron chi connectivity index (χ4n) is 1.13. The van der Waals surface area contributed by atoms with Gasteiger partial charge in [0.1, 0.15) is 0 Å². The fraction of sp³-hybridized carbons (Fsp3) is 0.357. The summed E-state index contributed by atoms with van der Waals surface area (Å²) in [4.78, 5) is 4.42. The third kappa shape index (κ3) is 3.89. The minimum atomic E-state index is 0.510. The van der Waals surface area contributed by atoms with Crippen molar-refractivity contribution >= 4 is 11.6 Å². The Morgan fingerprint density at radius 2 is 1.88 bits per heavy atom. The van der Waals surface area contributed by atoms with E-state index in [0.29, 0.717) is 11.8 Å². The summed E-state index contributed by atoms with van der Waals surface area (Å²) in [7, 11) is 1.64. The highest BCUT2D eigenvalue weighted by molar-refractivity contribution is 5.90. The van der Waals surface area contributed by atoms with Crippen molar-refractivity contribution < 1.29 is 4.74 Å². The molecule has 86 valence electrons. The van der Waals surface area contributed by atoms with Crippen LogP contribution in [0.3, 0.4) is 0 Å². The Morgan fingerprint density at radius 3 is 2.38 bits per heavy atom. The van der Waals surface area contributed by atoms with Crippen molar-refractivity contribution in [2.45, 2.75) is 20.8 Å². The molecule has 0 aromatic heterocycles. The van der Waals surface area contributed by atoms with Crippen molar-refractivity contribution in [2.75, 3.05) is 7.11 Å². The molecular formula is C14H19NO. The van der Waals surface area contributed by atoms with Gasteiger partial charge in [-0.05, 0) is 31.1 Å². The molecule has 0 aliphatic carbocycles. The van der Waals surface area contributed by atoms with Crippen LogP contribution in [0.25, 0.3) is 0 Å². The van der Waals surface area contributed by atoms with Gasteiger partial charge in [-0.3, -0.25) is 0 Å². The Bertz CT molecular complexity index is 377. The van der Waals surface area contributed by atoms with E-state index >= 15 is 0 Å². The molecule has 0 amide bonds. The predicted molar refractivity (Wildman–Crippen MR) is 69.1 cm³/mol. The minimum Gasteiger partial charge on any atom is -0.481 e. The van der Waals surface area contributed by atoms with Crippen LogP contribution in [-0.2, 0) is 4.74 Å². The van der Waals surface area contributed by atoms with Crippen molar-refractivity contribution in [3.63, 3.8) is 0 Å². The molecule has 2 nitrogen and oxygen atoms in total. The molecule has 2 heteroatoms. The number of nitrogens with zero attached hydrogens (tertiary/aromatic N) is 1.